The molecule has 8 nitrogen and oxygen atoms in total. The Morgan fingerprint density at radius 3 is 2.59 bits per heavy atom. The first-order valence-electron chi connectivity index (χ1n) is 9.05. The molecule has 1 aromatic heterocycles. The highest BCUT2D eigenvalue weighted by Crippen LogP contribution is 2.19. The molecule has 0 saturated carbocycles. The molecule has 1 aliphatic rings. The molecule has 1 fully saturated rings. The number of hydrogen-bond donors (Lipinski definition) is 1. The second-order valence-corrected chi connectivity index (χ2v) is 7.33. The minimum Gasteiger partial charge on any atom is -0.492 e. The van der Waals surface area contributed by atoms with Crippen molar-refractivity contribution < 1.29 is 19.1 Å². The Hall–Kier alpha value is -2.82. The summed E-state index contributed by atoms with van der Waals surface area (Å²) in [7, 11) is 0. The van der Waals surface area contributed by atoms with Crippen LogP contribution in [0.5, 0.6) is 5.75 Å². The normalized spacial score (nSPS) is 15.0. The zero-order chi connectivity index (χ0) is 20.0. The van der Waals surface area contributed by atoms with E-state index in [9.17, 15) is 9.59 Å². The molecule has 0 aromatic carbocycles. The Balaban J connectivity index is 1.92. The van der Waals surface area contributed by atoms with Crippen LogP contribution in [0.15, 0.2) is 12.3 Å². The molecular weight excluding hydrogens is 348 g/mol. The van der Waals surface area contributed by atoms with E-state index in [0.29, 0.717) is 43.9 Å². The smallest absolute Gasteiger partial charge is 0.410 e. The molecule has 0 bridgehead atoms. The van der Waals surface area contributed by atoms with Gasteiger partial charge in [-0.1, -0.05) is 0 Å². The number of likely N-dealkylation sites (tertiary alicyclic amines) is 1. The van der Waals surface area contributed by atoms with Crippen LogP contribution in [-0.4, -0.2) is 53.2 Å². The van der Waals surface area contributed by atoms with E-state index >= 15 is 0 Å². The summed E-state index contributed by atoms with van der Waals surface area (Å²) in [6.45, 7) is 8.73. The van der Waals surface area contributed by atoms with Gasteiger partial charge in [0.1, 0.15) is 28.7 Å². The molecular formula is C19H26N4O4. The summed E-state index contributed by atoms with van der Waals surface area (Å²) < 4.78 is 10.8. The van der Waals surface area contributed by atoms with E-state index in [1.165, 1.54) is 12.3 Å². The molecule has 0 radical (unpaired) electrons. The summed E-state index contributed by atoms with van der Waals surface area (Å²) in [4.78, 5) is 30.2. The van der Waals surface area contributed by atoms with Crippen molar-refractivity contribution in [1.29, 1.82) is 5.26 Å². The highest BCUT2D eigenvalue weighted by atomic mass is 16.6. The third kappa shape index (κ3) is 5.84. The number of ether oxygens (including phenoxy) is 2. The van der Waals surface area contributed by atoms with E-state index in [-0.39, 0.29) is 23.7 Å². The van der Waals surface area contributed by atoms with Gasteiger partial charge in [-0.15, -0.1) is 0 Å². The first-order chi connectivity index (χ1) is 12.7. The third-order valence-corrected chi connectivity index (χ3v) is 4.00. The molecule has 2 heterocycles. The first-order valence-corrected chi connectivity index (χ1v) is 9.05. The number of carbonyl (C=O) groups is 2. The van der Waals surface area contributed by atoms with Crippen molar-refractivity contribution in [3.63, 3.8) is 0 Å². The van der Waals surface area contributed by atoms with Gasteiger partial charge in [-0.2, -0.15) is 5.26 Å². The summed E-state index contributed by atoms with van der Waals surface area (Å²) in [5.41, 5.74) is -0.0344. The second kappa shape index (κ2) is 8.71. The summed E-state index contributed by atoms with van der Waals surface area (Å²) >= 11 is 0. The second-order valence-electron chi connectivity index (χ2n) is 7.33. The monoisotopic (exact) mass is 374 g/mol. The third-order valence-electron chi connectivity index (χ3n) is 4.00. The van der Waals surface area contributed by atoms with E-state index in [4.69, 9.17) is 14.7 Å². The number of nitrogens with zero attached hydrogens (tertiary/aromatic N) is 3. The Labute approximate surface area is 159 Å². The molecule has 2 rings (SSSR count). The van der Waals surface area contributed by atoms with E-state index in [1.807, 2.05) is 26.8 Å². The van der Waals surface area contributed by atoms with Crippen LogP contribution < -0.4 is 10.1 Å². The van der Waals surface area contributed by atoms with Gasteiger partial charge < -0.3 is 19.7 Å². The minimum atomic E-state index is -0.526. The maximum absolute atomic E-state index is 12.5. The lowest BCUT2D eigenvalue weighted by Crippen LogP contribution is -2.47. The van der Waals surface area contributed by atoms with Crippen LogP contribution in [-0.2, 0) is 4.74 Å². The van der Waals surface area contributed by atoms with Crippen molar-refractivity contribution in [3.8, 4) is 11.8 Å². The Morgan fingerprint density at radius 2 is 2.04 bits per heavy atom. The maximum Gasteiger partial charge on any atom is 0.410 e. The SMILES string of the molecule is CCOc1cc(C(=O)NC2CCN(C(=O)OC(C)(C)C)CC2)ncc1C#N. The van der Waals surface area contributed by atoms with Gasteiger partial charge in [0.25, 0.3) is 5.91 Å². The Kier molecular flexibility index (Phi) is 6.61. The fourth-order valence-electron chi connectivity index (χ4n) is 2.71. The molecule has 1 aromatic rings. The van der Waals surface area contributed by atoms with Gasteiger partial charge >= 0.3 is 6.09 Å². The van der Waals surface area contributed by atoms with E-state index < -0.39 is 5.60 Å². The molecule has 146 valence electrons. The number of nitriles is 1. The van der Waals surface area contributed by atoms with Gasteiger partial charge in [-0.3, -0.25) is 4.79 Å². The fourth-order valence-corrected chi connectivity index (χ4v) is 2.71. The van der Waals surface area contributed by atoms with Crippen LogP contribution in [0.4, 0.5) is 4.79 Å². The molecule has 1 aliphatic heterocycles. The number of piperidine rings is 1. The topological polar surface area (TPSA) is 105 Å². The van der Waals surface area contributed by atoms with E-state index in [2.05, 4.69) is 10.3 Å². The number of carbonyl (C=O) groups excluding carboxylic acids is 2. The summed E-state index contributed by atoms with van der Waals surface area (Å²) in [6.07, 6.45) is 2.28. The number of rotatable bonds is 4. The van der Waals surface area contributed by atoms with Crippen LogP contribution in [0, 0.1) is 11.3 Å². The van der Waals surface area contributed by atoms with Crippen LogP contribution in [0.2, 0.25) is 0 Å². The lowest BCUT2D eigenvalue weighted by molar-refractivity contribution is 0.0199. The molecule has 1 saturated heterocycles. The van der Waals surface area contributed by atoms with E-state index in [0.717, 1.165) is 0 Å². The first kappa shape index (κ1) is 20.5. The molecule has 2 amide bonds. The van der Waals surface area contributed by atoms with E-state index in [1.54, 1.807) is 11.8 Å². The Bertz CT molecular complexity index is 728. The van der Waals surface area contributed by atoms with Gasteiger partial charge in [0.15, 0.2) is 0 Å². The number of nitrogens with one attached hydrogen (secondary N) is 1. The fraction of sp³-hybridized carbons (Fsp3) is 0.579. The van der Waals surface area contributed by atoms with Gasteiger partial charge in [-0.05, 0) is 40.5 Å². The summed E-state index contributed by atoms with van der Waals surface area (Å²) in [6, 6.07) is 3.42. The predicted molar refractivity (Wildman–Crippen MR) is 98.4 cm³/mol. The van der Waals surface area contributed by atoms with Crippen LogP contribution >= 0.6 is 0 Å². The molecule has 0 aliphatic carbocycles. The van der Waals surface area contributed by atoms with Crippen molar-refractivity contribution in [1.82, 2.24) is 15.2 Å². The zero-order valence-electron chi connectivity index (χ0n) is 16.2. The van der Waals surface area contributed by atoms with Crippen LogP contribution in [0.25, 0.3) is 0 Å². The number of amides is 2. The highest BCUT2D eigenvalue weighted by molar-refractivity contribution is 5.93. The maximum atomic E-state index is 12.5. The largest absolute Gasteiger partial charge is 0.492 e. The molecule has 0 unspecified atom stereocenters. The molecule has 27 heavy (non-hydrogen) atoms. The van der Waals surface area contributed by atoms with Gasteiger partial charge in [-0.25, -0.2) is 9.78 Å². The van der Waals surface area contributed by atoms with Gasteiger partial charge in [0.05, 0.1) is 6.61 Å². The standard InChI is InChI=1S/C19H26N4O4/c1-5-26-16-10-15(21-12-13(16)11-20)17(24)22-14-6-8-23(9-7-14)18(25)27-19(2,3)4/h10,12,14H,5-9H2,1-4H3,(H,22,24). The number of hydrogen-bond acceptors (Lipinski definition) is 6. The van der Waals surface area contributed by atoms with Crippen molar-refractivity contribution in [2.75, 3.05) is 19.7 Å². The summed E-state index contributed by atoms with van der Waals surface area (Å²) in [5, 5.41) is 12.0. The Morgan fingerprint density at radius 1 is 1.37 bits per heavy atom. The molecule has 8 heteroatoms. The van der Waals surface area contributed by atoms with Gasteiger partial charge in [0, 0.05) is 31.4 Å². The van der Waals surface area contributed by atoms with Crippen molar-refractivity contribution >= 4 is 12.0 Å². The van der Waals surface area contributed by atoms with Crippen molar-refractivity contribution in [2.45, 2.75) is 52.2 Å². The van der Waals surface area contributed by atoms with Crippen molar-refractivity contribution in [2.24, 2.45) is 0 Å². The van der Waals surface area contributed by atoms with Crippen molar-refractivity contribution in [3.05, 3.63) is 23.5 Å². The quantitative estimate of drug-likeness (QED) is 0.868. The zero-order valence-corrected chi connectivity index (χ0v) is 16.2. The number of aromatic nitrogens is 1. The average molecular weight is 374 g/mol. The average Bonchev–Trinajstić information content (AvgIpc) is 2.61. The lowest BCUT2D eigenvalue weighted by atomic mass is 10.1. The van der Waals surface area contributed by atoms with Gasteiger partial charge in [0.2, 0.25) is 0 Å². The lowest BCUT2D eigenvalue weighted by Gasteiger charge is -2.33. The molecule has 1 N–H and O–H groups in total. The van der Waals surface area contributed by atoms with Crippen LogP contribution in [0.1, 0.15) is 56.6 Å². The highest BCUT2D eigenvalue weighted by Gasteiger charge is 2.28. The minimum absolute atomic E-state index is 0.0517. The predicted octanol–water partition coefficient (Wildman–Crippen LogP) is 2.48. The van der Waals surface area contributed by atoms with Crippen LogP contribution in [0.3, 0.4) is 0 Å². The molecule has 0 atom stereocenters. The number of pyridine rings is 1. The molecule has 0 spiro atoms. The summed E-state index contributed by atoms with van der Waals surface area (Å²) in [5.74, 6) is 0.0241.